The molecule has 4 aliphatic rings. The number of carbonyl (C=O) groups is 1. The lowest BCUT2D eigenvalue weighted by Gasteiger charge is -2.62. The molecule has 0 aromatic heterocycles. The number of esters is 1. The molecule has 0 radical (unpaired) electrons. The summed E-state index contributed by atoms with van der Waals surface area (Å²) in [6, 6.07) is 0. The number of carbonyl (C=O) groups excluding carboxylic acids is 1. The maximum absolute atomic E-state index is 12.8. The Labute approximate surface area is 145 Å². The summed E-state index contributed by atoms with van der Waals surface area (Å²) in [5.74, 6) is 3.53. The molecule has 4 saturated carbocycles. The van der Waals surface area contributed by atoms with Crippen molar-refractivity contribution in [3.8, 4) is 0 Å². The number of hydrogen-bond donors (Lipinski definition) is 0. The molecule has 0 aromatic rings. The van der Waals surface area contributed by atoms with Crippen molar-refractivity contribution in [1.29, 1.82) is 0 Å². The minimum atomic E-state index is -0.351. The van der Waals surface area contributed by atoms with Gasteiger partial charge in [-0.15, -0.1) is 9.24 Å². The van der Waals surface area contributed by atoms with E-state index >= 15 is 0 Å². The van der Waals surface area contributed by atoms with Gasteiger partial charge in [0.25, 0.3) is 0 Å². The maximum atomic E-state index is 12.8. The molecule has 4 rings (SSSR count). The summed E-state index contributed by atoms with van der Waals surface area (Å²) in [6.45, 7) is 12.6. The SMILES string of the molecule is CCC(C)(C)C(=O)OC1(C(C)C)C2CC3CC(C2)CC1C3.CP. The molecule has 0 N–H and O–H groups in total. The average molecular weight is 340 g/mol. The van der Waals surface area contributed by atoms with Crippen LogP contribution in [0.15, 0.2) is 0 Å². The van der Waals surface area contributed by atoms with Crippen molar-refractivity contribution in [3.63, 3.8) is 0 Å². The van der Waals surface area contributed by atoms with Crippen LogP contribution in [0.5, 0.6) is 0 Å². The fourth-order valence-corrected chi connectivity index (χ4v) is 5.59. The molecule has 134 valence electrons. The third-order valence-corrected chi connectivity index (χ3v) is 7.02. The first-order valence-corrected chi connectivity index (χ1v) is 10.8. The Kier molecular flexibility index (Phi) is 5.87. The molecule has 1 unspecified atom stereocenters. The lowest BCUT2D eigenvalue weighted by atomic mass is 9.47. The normalized spacial score (nSPS) is 38.3. The van der Waals surface area contributed by atoms with Gasteiger partial charge in [-0.3, -0.25) is 4.79 Å². The van der Waals surface area contributed by atoms with Gasteiger partial charge in [0.1, 0.15) is 5.60 Å². The largest absolute Gasteiger partial charge is 0.458 e. The Morgan fingerprint density at radius 1 is 1.09 bits per heavy atom. The molecule has 4 bridgehead atoms. The number of rotatable bonds is 4. The molecule has 0 aliphatic heterocycles. The lowest BCUT2D eigenvalue weighted by Crippen LogP contribution is -2.63. The van der Waals surface area contributed by atoms with Crippen LogP contribution in [-0.2, 0) is 9.53 Å². The zero-order valence-corrected chi connectivity index (χ0v) is 17.2. The van der Waals surface area contributed by atoms with Gasteiger partial charge in [0, 0.05) is 0 Å². The molecular weight excluding hydrogens is 303 g/mol. The Morgan fingerprint density at radius 2 is 1.52 bits per heavy atom. The summed E-state index contributed by atoms with van der Waals surface area (Å²) in [5, 5.41) is 0. The van der Waals surface area contributed by atoms with Gasteiger partial charge in [-0.25, -0.2) is 0 Å². The van der Waals surface area contributed by atoms with E-state index in [-0.39, 0.29) is 17.0 Å². The van der Waals surface area contributed by atoms with E-state index in [0.717, 1.165) is 18.3 Å². The van der Waals surface area contributed by atoms with Gasteiger partial charge in [-0.2, -0.15) is 0 Å². The zero-order valence-electron chi connectivity index (χ0n) is 16.0. The van der Waals surface area contributed by atoms with E-state index in [1.807, 2.05) is 20.5 Å². The smallest absolute Gasteiger partial charge is 0.312 e. The molecule has 0 aromatic carbocycles. The summed E-state index contributed by atoms with van der Waals surface area (Å²) >= 11 is 0. The third kappa shape index (κ3) is 3.22. The Morgan fingerprint density at radius 3 is 1.87 bits per heavy atom. The van der Waals surface area contributed by atoms with Crippen molar-refractivity contribution >= 4 is 15.2 Å². The highest BCUT2D eigenvalue weighted by Gasteiger charge is 2.61. The van der Waals surface area contributed by atoms with Gasteiger partial charge in [0.15, 0.2) is 0 Å². The van der Waals surface area contributed by atoms with Crippen LogP contribution in [0.4, 0.5) is 0 Å². The second-order valence-electron chi connectivity index (χ2n) is 8.94. The summed E-state index contributed by atoms with van der Waals surface area (Å²) < 4.78 is 6.39. The van der Waals surface area contributed by atoms with Crippen LogP contribution in [0, 0.1) is 35.0 Å². The van der Waals surface area contributed by atoms with Gasteiger partial charge >= 0.3 is 5.97 Å². The third-order valence-electron chi connectivity index (χ3n) is 7.02. The quantitative estimate of drug-likeness (QED) is 0.512. The monoisotopic (exact) mass is 340 g/mol. The zero-order chi connectivity index (χ0) is 17.4. The highest BCUT2D eigenvalue weighted by atomic mass is 31.0. The minimum Gasteiger partial charge on any atom is -0.458 e. The molecule has 23 heavy (non-hydrogen) atoms. The first-order valence-electron chi connectivity index (χ1n) is 9.60. The van der Waals surface area contributed by atoms with Gasteiger partial charge in [-0.05, 0) is 82.0 Å². The first kappa shape index (κ1) is 19.2. The second-order valence-corrected chi connectivity index (χ2v) is 8.94. The van der Waals surface area contributed by atoms with Crippen molar-refractivity contribution in [2.75, 3.05) is 6.66 Å². The molecular formula is C20H37O2P. The van der Waals surface area contributed by atoms with Crippen LogP contribution < -0.4 is 0 Å². The molecule has 0 heterocycles. The highest BCUT2D eigenvalue weighted by Crippen LogP contribution is 2.62. The van der Waals surface area contributed by atoms with Crippen molar-refractivity contribution < 1.29 is 9.53 Å². The predicted molar refractivity (Wildman–Crippen MR) is 100 cm³/mol. The lowest BCUT2D eigenvalue weighted by molar-refractivity contribution is -0.231. The second kappa shape index (κ2) is 7.03. The van der Waals surface area contributed by atoms with E-state index in [1.165, 1.54) is 32.1 Å². The molecule has 0 spiro atoms. The van der Waals surface area contributed by atoms with Gasteiger partial charge in [0.05, 0.1) is 5.41 Å². The molecule has 0 saturated heterocycles. The van der Waals surface area contributed by atoms with E-state index in [2.05, 4.69) is 30.0 Å². The standard InChI is InChI=1S/C19H32O2.CH5P/c1-6-18(4,5)17(20)21-19(12(2)3)15-8-13-7-14(10-15)11-16(19)9-13;1-2/h12-16H,6-11H2,1-5H3;2H2,1H3. The van der Waals surface area contributed by atoms with Crippen LogP contribution in [-0.4, -0.2) is 18.2 Å². The summed E-state index contributed by atoms with van der Waals surface area (Å²) in [7, 11) is 2.42. The van der Waals surface area contributed by atoms with Crippen molar-refractivity contribution in [1.82, 2.24) is 0 Å². The van der Waals surface area contributed by atoms with E-state index in [1.54, 1.807) is 0 Å². The molecule has 1 atom stereocenters. The van der Waals surface area contributed by atoms with Crippen molar-refractivity contribution in [2.45, 2.75) is 78.7 Å². The minimum absolute atomic E-state index is 0.0335. The van der Waals surface area contributed by atoms with E-state index < -0.39 is 0 Å². The van der Waals surface area contributed by atoms with Crippen molar-refractivity contribution in [2.24, 2.45) is 35.0 Å². The fourth-order valence-electron chi connectivity index (χ4n) is 5.59. The Hall–Kier alpha value is -0.100. The Balaban J connectivity index is 0.000000924. The topological polar surface area (TPSA) is 26.3 Å². The fraction of sp³-hybridized carbons (Fsp3) is 0.950. The summed E-state index contributed by atoms with van der Waals surface area (Å²) in [5.41, 5.74) is -0.520. The molecule has 2 nitrogen and oxygen atoms in total. The van der Waals surface area contributed by atoms with Crippen molar-refractivity contribution in [3.05, 3.63) is 0 Å². The number of ether oxygens (including phenoxy) is 1. The van der Waals surface area contributed by atoms with Gasteiger partial charge in [0.2, 0.25) is 0 Å². The van der Waals surface area contributed by atoms with Crippen LogP contribution in [0.2, 0.25) is 0 Å². The number of hydrogen-bond acceptors (Lipinski definition) is 2. The van der Waals surface area contributed by atoms with E-state index in [9.17, 15) is 4.79 Å². The van der Waals surface area contributed by atoms with Gasteiger partial charge < -0.3 is 4.74 Å². The van der Waals surface area contributed by atoms with Crippen LogP contribution in [0.25, 0.3) is 0 Å². The summed E-state index contributed by atoms with van der Waals surface area (Å²) in [4.78, 5) is 12.8. The summed E-state index contributed by atoms with van der Waals surface area (Å²) in [6.07, 6.45) is 7.47. The average Bonchev–Trinajstić information content (AvgIpc) is 2.51. The Bertz CT molecular complexity index is 399. The van der Waals surface area contributed by atoms with Crippen LogP contribution in [0.1, 0.15) is 73.1 Å². The molecule has 4 fully saturated rings. The predicted octanol–water partition coefficient (Wildman–Crippen LogP) is 5.31. The van der Waals surface area contributed by atoms with E-state index in [4.69, 9.17) is 4.74 Å². The maximum Gasteiger partial charge on any atom is 0.312 e. The van der Waals surface area contributed by atoms with Gasteiger partial charge in [-0.1, -0.05) is 27.4 Å². The molecule has 0 amide bonds. The van der Waals surface area contributed by atoms with E-state index in [0.29, 0.717) is 17.8 Å². The van der Waals surface area contributed by atoms with Crippen LogP contribution in [0.3, 0.4) is 0 Å². The van der Waals surface area contributed by atoms with Crippen LogP contribution >= 0.6 is 9.24 Å². The first-order chi connectivity index (χ1) is 10.8. The molecule has 4 aliphatic carbocycles. The highest BCUT2D eigenvalue weighted by molar-refractivity contribution is 7.15. The molecule has 3 heteroatoms.